The minimum absolute atomic E-state index is 0.861. The second kappa shape index (κ2) is 6.53. The lowest BCUT2D eigenvalue weighted by atomic mass is 10.2. The van der Waals surface area contributed by atoms with Crippen LogP contribution in [0.1, 0.15) is 16.8 Å². The average Bonchev–Trinajstić information content (AvgIpc) is 2.95. The third-order valence-corrected chi connectivity index (χ3v) is 3.85. The molecule has 0 spiro atoms. The smallest absolute Gasteiger partial charge is 0.119 e. The largest absolute Gasteiger partial charge is 0.497 e. The lowest BCUT2D eigenvalue weighted by Gasteiger charge is -2.06. The van der Waals surface area contributed by atoms with E-state index in [1.54, 1.807) is 7.11 Å². The summed E-state index contributed by atoms with van der Waals surface area (Å²) in [6.07, 6.45) is 4.01. The van der Waals surface area contributed by atoms with E-state index in [-0.39, 0.29) is 0 Å². The molecule has 1 heterocycles. The standard InChI is InChI=1S/C20H20N2O/c1-15-6-4-5-7-20(15)21-13-17-12-16(2)22(14-17)18-8-10-19(23-3)11-9-18/h4-14H,1-3H3. The topological polar surface area (TPSA) is 26.5 Å². The number of nitrogens with zero attached hydrogens (tertiary/aromatic N) is 2. The van der Waals surface area contributed by atoms with Crippen LogP contribution in [-0.2, 0) is 0 Å². The fourth-order valence-corrected chi connectivity index (χ4v) is 2.54. The number of benzene rings is 2. The Kier molecular flexibility index (Phi) is 4.29. The molecular formula is C20H20N2O. The Morgan fingerprint density at radius 1 is 1.00 bits per heavy atom. The van der Waals surface area contributed by atoms with Crippen LogP contribution >= 0.6 is 0 Å². The second-order valence-electron chi connectivity index (χ2n) is 5.53. The molecular weight excluding hydrogens is 284 g/mol. The van der Waals surface area contributed by atoms with E-state index in [0.717, 1.165) is 22.7 Å². The number of para-hydroxylation sites is 1. The molecule has 0 radical (unpaired) electrons. The first-order valence-corrected chi connectivity index (χ1v) is 7.60. The molecule has 0 aliphatic carbocycles. The molecule has 0 N–H and O–H groups in total. The quantitative estimate of drug-likeness (QED) is 0.633. The molecule has 3 rings (SSSR count). The van der Waals surface area contributed by atoms with E-state index in [4.69, 9.17) is 4.74 Å². The SMILES string of the molecule is COc1ccc(-n2cc(C=Nc3ccccc3C)cc2C)cc1. The van der Waals surface area contributed by atoms with Crippen molar-refractivity contribution in [2.45, 2.75) is 13.8 Å². The Labute approximate surface area is 136 Å². The number of rotatable bonds is 4. The van der Waals surface area contributed by atoms with Crippen molar-refractivity contribution in [3.05, 3.63) is 77.6 Å². The summed E-state index contributed by atoms with van der Waals surface area (Å²) in [5.74, 6) is 0.861. The molecule has 1 aromatic heterocycles. The van der Waals surface area contributed by atoms with Crippen molar-refractivity contribution in [1.82, 2.24) is 4.57 Å². The molecule has 0 aliphatic rings. The van der Waals surface area contributed by atoms with Gasteiger partial charge in [0.05, 0.1) is 12.8 Å². The predicted octanol–water partition coefficient (Wildman–Crippen LogP) is 4.85. The Morgan fingerprint density at radius 3 is 2.43 bits per heavy atom. The first-order valence-electron chi connectivity index (χ1n) is 7.60. The van der Waals surface area contributed by atoms with Gasteiger partial charge in [0, 0.05) is 29.4 Å². The lowest BCUT2D eigenvalue weighted by Crippen LogP contribution is -1.94. The van der Waals surface area contributed by atoms with Gasteiger partial charge in [0.1, 0.15) is 5.75 Å². The van der Waals surface area contributed by atoms with Gasteiger partial charge in [-0.25, -0.2) is 0 Å². The third kappa shape index (κ3) is 3.34. The molecule has 3 heteroatoms. The van der Waals surface area contributed by atoms with Crippen molar-refractivity contribution in [2.75, 3.05) is 7.11 Å². The van der Waals surface area contributed by atoms with Gasteiger partial charge in [-0.05, 0) is 55.8 Å². The molecule has 3 aromatic rings. The van der Waals surface area contributed by atoms with Crippen molar-refractivity contribution < 1.29 is 4.74 Å². The van der Waals surface area contributed by atoms with Crippen molar-refractivity contribution >= 4 is 11.9 Å². The lowest BCUT2D eigenvalue weighted by molar-refractivity contribution is 0.414. The molecule has 23 heavy (non-hydrogen) atoms. The highest BCUT2D eigenvalue weighted by atomic mass is 16.5. The minimum atomic E-state index is 0.861. The highest BCUT2D eigenvalue weighted by Gasteiger charge is 2.03. The summed E-state index contributed by atoms with van der Waals surface area (Å²) >= 11 is 0. The van der Waals surface area contributed by atoms with Gasteiger partial charge in [-0.15, -0.1) is 0 Å². The summed E-state index contributed by atoms with van der Waals surface area (Å²) < 4.78 is 7.36. The average molecular weight is 304 g/mol. The number of aromatic nitrogens is 1. The molecule has 3 nitrogen and oxygen atoms in total. The number of methoxy groups -OCH3 is 1. The molecule has 0 saturated carbocycles. The molecule has 0 unspecified atom stereocenters. The zero-order valence-electron chi connectivity index (χ0n) is 13.7. The van der Waals surface area contributed by atoms with E-state index in [2.05, 4.69) is 41.7 Å². The number of aryl methyl sites for hydroxylation is 2. The minimum Gasteiger partial charge on any atom is -0.497 e. The van der Waals surface area contributed by atoms with Gasteiger partial charge >= 0.3 is 0 Å². The molecule has 0 atom stereocenters. The molecule has 0 saturated heterocycles. The van der Waals surface area contributed by atoms with E-state index in [1.807, 2.05) is 48.7 Å². The van der Waals surface area contributed by atoms with Gasteiger partial charge in [0.2, 0.25) is 0 Å². The summed E-state index contributed by atoms with van der Waals surface area (Å²) in [5, 5.41) is 0. The Bertz CT molecular complexity index is 829. The van der Waals surface area contributed by atoms with E-state index in [0.29, 0.717) is 0 Å². The van der Waals surface area contributed by atoms with Crippen LogP contribution in [0.4, 0.5) is 5.69 Å². The van der Waals surface area contributed by atoms with Gasteiger partial charge in [-0.1, -0.05) is 18.2 Å². The van der Waals surface area contributed by atoms with E-state index >= 15 is 0 Å². The third-order valence-electron chi connectivity index (χ3n) is 3.85. The molecule has 0 aliphatic heterocycles. The van der Waals surface area contributed by atoms with Crippen LogP contribution in [0.5, 0.6) is 5.75 Å². The first-order chi connectivity index (χ1) is 11.2. The van der Waals surface area contributed by atoms with Gasteiger partial charge in [-0.3, -0.25) is 4.99 Å². The summed E-state index contributed by atoms with van der Waals surface area (Å²) in [7, 11) is 1.68. The van der Waals surface area contributed by atoms with Crippen molar-refractivity contribution in [1.29, 1.82) is 0 Å². The number of ether oxygens (including phenoxy) is 1. The van der Waals surface area contributed by atoms with Crippen LogP contribution in [0.2, 0.25) is 0 Å². The van der Waals surface area contributed by atoms with E-state index in [9.17, 15) is 0 Å². The Balaban J connectivity index is 1.87. The molecule has 0 bridgehead atoms. The van der Waals surface area contributed by atoms with Crippen molar-refractivity contribution in [3.8, 4) is 11.4 Å². The zero-order valence-corrected chi connectivity index (χ0v) is 13.7. The summed E-state index contributed by atoms with van der Waals surface area (Å²) in [6, 6.07) is 18.3. The fraction of sp³-hybridized carbons (Fsp3) is 0.150. The van der Waals surface area contributed by atoms with Crippen molar-refractivity contribution in [3.63, 3.8) is 0 Å². The van der Waals surface area contributed by atoms with E-state index < -0.39 is 0 Å². The zero-order chi connectivity index (χ0) is 16.2. The van der Waals surface area contributed by atoms with Gasteiger partial charge in [0.25, 0.3) is 0 Å². The first kappa shape index (κ1) is 15.1. The van der Waals surface area contributed by atoms with Crippen LogP contribution < -0.4 is 4.74 Å². The summed E-state index contributed by atoms with van der Waals surface area (Å²) in [4.78, 5) is 4.59. The van der Waals surface area contributed by atoms with Gasteiger partial charge < -0.3 is 9.30 Å². The maximum Gasteiger partial charge on any atom is 0.119 e. The van der Waals surface area contributed by atoms with Crippen LogP contribution in [0, 0.1) is 13.8 Å². The normalized spacial score (nSPS) is 11.1. The molecule has 0 amide bonds. The number of hydrogen-bond acceptors (Lipinski definition) is 2. The summed E-state index contributed by atoms with van der Waals surface area (Å²) in [6.45, 7) is 4.16. The molecule has 116 valence electrons. The fourth-order valence-electron chi connectivity index (χ4n) is 2.54. The van der Waals surface area contributed by atoms with Crippen LogP contribution in [0.25, 0.3) is 5.69 Å². The van der Waals surface area contributed by atoms with Gasteiger partial charge in [-0.2, -0.15) is 0 Å². The Morgan fingerprint density at radius 2 is 1.74 bits per heavy atom. The highest BCUT2D eigenvalue weighted by Crippen LogP contribution is 2.20. The maximum absolute atomic E-state index is 5.21. The Hall–Kier alpha value is -2.81. The highest BCUT2D eigenvalue weighted by molar-refractivity contribution is 5.82. The number of aliphatic imine (C=N–C) groups is 1. The maximum atomic E-state index is 5.21. The van der Waals surface area contributed by atoms with E-state index in [1.165, 1.54) is 11.3 Å². The second-order valence-corrected chi connectivity index (χ2v) is 5.53. The summed E-state index contributed by atoms with van der Waals surface area (Å²) in [5.41, 5.74) is 5.54. The molecule has 2 aromatic carbocycles. The van der Waals surface area contributed by atoms with Crippen LogP contribution in [-0.4, -0.2) is 17.9 Å². The van der Waals surface area contributed by atoms with Crippen LogP contribution in [0.15, 0.2) is 65.8 Å². The van der Waals surface area contributed by atoms with Gasteiger partial charge in [0.15, 0.2) is 0 Å². The number of hydrogen-bond donors (Lipinski definition) is 0. The van der Waals surface area contributed by atoms with Crippen molar-refractivity contribution in [2.24, 2.45) is 4.99 Å². The predicted molar refractivity (Wildman–Crippen MR) is 95.5 cm³/mol. The molecule has 0 fully saturated rings. The van der Waals surface area contributed by atoms with Crippen LogP contribution in [0.3, 0.4) is 0 Å². The monoisotopic (exact) mass is 304 g/mol.